The highest BCUT2D eigenvalue weighted by Crippen LogP contribution is 2.37. The standard InChI is InChI=1S/C11H18O3S/c1-2-13-10(12)11-14-9-6-4-3-5-8(9)7-15-11/h8-9,11H,2-7H2,1H3/t8-,9+,11-/m1/s1. The lowest BCUT2D eigenvalue weighted by molar-refractivity contribution is -0.156. The zero-order valence-electron chi connectivity index (χ0n) is 9.11. The van der Waals surface area contributed by atoms with Gasteiger partial charge in [-0.05, 0) is 25.7 Å². The molecular weight excluding hydrogens is 212 g/mol. The van der Waals surface area contributed by atoms with E-state index < -0.39 is 0 Å². The highest BCUT2D eigenvalue weighted by Gasteiger charge is 2.36. The van der Waals surface area contributed by atoms with E-state index in [0.29, 0.717) is 18.6 Å². The van der Waals surface area contributed by atoms with E-state index >= 15 is 0 Å². The Morgan fingerprint density at radius 1 is 1.47 bits per heavy atom. The zero-order chi connectivity index (χ0) is 10.7. The van der Waals surface area contributed by atoms with Crippen LogP contribution in [0.5, 0.6) is 0 Å². The molecule has 3 nitrogen and oxygen atoms in total. The number of carbonyl (C=O) groups is 1. The van der Waals surface area contributed by atoms with Crippen molar-refractivity contribution in [2.24, 2.45) is 5.92 Å². The largest absolute Gasteiger partial charge is 0.463 e. The zero-order valence-corrected chi connectivity index (χ0v) is 9.92. The molecule has 1 aliphatic carbocycles. The third-order valence-electron chi connectivity index (χ3n) is 3.08. The van der Waals surface area contributed by atoms with Crippen molar-refractivity contribution in [1.82, 2.24) is 0 Å². The molecule has 0 spiro atoms. The van der Waals surface area contributed by atoms with Gasteiger partial charge in [-0.1, -0.05) is 12.8 Å². The summed E-state index contributed by atoms with van der Waals surface area (Å²) in [6.45, 7) is 2.27. The van der Waals surface area contributed by atoms with Gasteiger partial charge in [-0.15, -0.1) is 11.8 Å². The van der Waals surface area contributed by atoms with Crippen LogP contribution >= 0.6 is 11.8 Å². The second-order valence-electron chi connectivity index (χ2n) is 4.14. The fraction of sp³-hybridized carbons (Fsp3) is 0.909. The molecule has 1 heterocycles. The van der Waals surface area contributed by atoms with Gasteiger partial charge in [0, 0.05) is 5.75 Å². The molecule has 1 aliphatic heterocycles. The lowest BCUT2D eigenvalue weighted by Crippen LogP contribution is -2.40. The summed E-state index contributed by atoms with van der Waals surface area (Å²) >= 11 is 1.60. The number of hydrogen-bond donors (Lipinski definition) is 0. The van der Waals surface area contributed by atoms with Crippen LogP contribution in [0, 0.1) is 5.92 Å². The Hall–Kier alpha value is -0.220. The van der Waals surface area contributed by atoms with Gasteiger partial charge in [0.1, 0.15) is 0 Å². The fourth-order valence-corrected chi connectivity index (χ4v) is 3.52. The molecule has 0 amide bonds. The van der Waals surface area contributed by atoms with Crippen molar-refractivity contribution in [2.45, 2.75) is 44.1 Å². The maximum atomic E-state index is 11.5. The van der Waals surface area contributed by atoms with Crippen molar-refractivity contribution in [2.75, 3.05) is 12.4 Å². The van der Waals surface area contributed by atoms with Crippen molar-refractivity contribution in [3.8, 4) is 0 Å². The Labute approximate surface area is 94.9 Å². The molecule has 0 radical (unpaired) electrons. The molecule has 0 aromatic carbocycles. The van der Waals surface area contributed by atoms with Crippen LogP contribution in [0.3, 0.4) is 0 Å². The molecule has 2 rings (SSSR count). The minimum Gasteiger partial charge on any atom is -0.463 e. The van der Waals surface area contributed by atoms with Crippen LogP contribution in [0.15, 0.2) is 0 Å². The molecule has 3 atom stereocenters. The smallest absolute Gasteiger partial charge is 0.345 e. The van der Waals surface area contributed by atoms with Crippen molar-refractivity contribution in [3.63, 3.8) is 0 Å². The minimum atomic E-state index is -0.371. The summed E-state index contributed by atoms with van der Waals surface area (Å²) in [4.78, 5) is 11.5. The number of fused-ring (bicyclic) bond motifs is 1. The summed E-state index contributed by atoms with van der Waals surface area (Å²) in [7, 11) is 0. The maximum Gasteiger partial charge on any atom is 0.345 e. The number of rotatable bonds is 2. The molecule has 4 heteroatoms. The van der Waals surface area contributed by atoms with E-state index in [1.807, 2.05) is 6.92 Å². The highest BCUT2D eigenvalue weighted by molar-refractivity contribution is 8.00. The molecule has 0 aromatic rings. The first-order valence-corrected chi connectivity index (χ1v) is 6.80. The van der Waals surface area contributed by atoms with Crippen LogP contribution < -0.4 is 0 Å². The van der Waals surface area contributed by atoms with Gasteiger partial charge < -0.3 is 9.47 Å². The predicted molar refractivity (Wildman–Crippen MR) is 59.7 cm³/mol. The quantitative estimate of drug-likeness (QED) is 0.681. The van der Waals surface area contributed by atoms with Crippen LogP contribution in [0.25, 0.3) is 0 Å². The number of carbonyl (C=O) groups excluding carboxylic acids is 1. The lowest BCUT2D eigenvalue weighted by atomic mass is 9.87. The molecule has 0 bridgehead atoms. The maximum absolute atomic E-state index is 11.5. The second kappa shape index (κ2) is 5.21. The molecule has 86 valence electrons. The normalized spacial score (nSPS) is 35.7. The van der Waals surface area contributed by atoms with Gasteiger partial charge in [0.2, 0.25) is 5.44 Å². The Morgan fingerprint density at radius 2 is 2.27 bits per heavy atom. The molecular formula is C11H18O3S. The summed E-state index contributed by atoms with van der Waals surface area (Å²) in [5, 5.41) is 0. The van der Waals surface area contributed by atoms with E-state index in [1.54, 1.807) is 11.8 Å². The highest BCUT2D eigenvalue weighted by atomic mass is 32.2. The van der Waals surface area contributed by atoms with Crippen molar-refractivity contribution >= 4 is 17.7 Å². The molecule has 1 saturated heterocycles. The van der Waals surface area contributed by atoms with Crippen molar-refractivity contribution in [1.29, 1.82) is 0 Å². The van der Waals surface area contributed by atoms with E-state index in [4.69, 9.17) is 9.47 Å². The van der Waals surface area contributed by atoms with Gasteiger partial charge >= 0.3 is 5.97 Å². The van der Waals surface area contributed by atoms with Crippen LogP contribution in [-0.4, -0.2) is 29.9 Å². The Bertz CT molecular complexity index is 232. The van der Waals surface area contributed by atoms with Crippen molar-refractivity contribution in [3.05, 3.63) is 0 Å². The average molecular weight is 230 g/mol. The van der Waals surface area contributed by atoms with Crippen molar-refractivity contribution < 1.29 is 14.3 Å². The molecule has 15 heavy (non-hydrogen) atoms. The first kappa shape index (κ1) is 11.3. The fourth-order valence-electron chi connectivity index (χ4n) is 2.29. The number of hydrogen-bond acceptors (Lipinski definition) is 4. The first-order chi connectivity index (χ1) is 7.31. The Kier molecular flexibility index (Phi) is 3.92. The third-order valence-corrected chi connectivity index (χ3v) is 4.31. The molecule has 1 saturated carbocycles. The van der Waals surface area contributed by atoms with E-state index in [-0.39, 0.29) is 11.4 Å². The number of esters is 1. The lowest BCUT2D eigenvalue weighted by Gasteiger charge is -2.37. The summed E-state index contributed by atoms with van der Waals surface area (Å²) < 4.78 is 10.8. The molecule has 2 fully saturated rings. The summed E-state index contributed by atoms with van der Waals surface area (Å²) in [5.74, 6) is 1.51. The van der Waals surface area contributed by atoms with Gasteiger partial charge in [0.25, 0.3) is 0 Å². The van der Waals surface area contributed by atoms with E-state index in [2.05, 4.69) is 0 Å². The Morgan fingerprint density at radius 3 is 3.07 bits per heavy atom. The SMILES string of the molecule is CCOC(=O)[C@@H]1O[C@H]2CCCC[C@@H]2CS1. The molecule has 0 aromatic heterocycles. The van der Waals surface area contributed by atoms with E-state index in [1.165, 1.54) is 19.3 Å². The third kappa shape index (κ3) is 2.67. The summed E-state index contributed by atoms with van der Waals surface area (Å²) in [6, 6.07) is 0. The molecule has 0 N–H and O–H groups in total. The van der Waals surface area contributed by atoms with Gasteiger partial charge in [-0.2, -0.15) is 0 Å². The number of ether oxygens (including phenoxy) is 2. The Balaban J connectivity index is 1.87. The summed E-state index contributed by atoms with van der Waals surface area (Å²) in [5.41, 5.74) is -0.371. The van der Waals surface area contributed by atoms with Crippen LogP contribution in [-0.2, 0) is 14.3 Å². The van der Waals surface area contributed by atoms with Crippen LogP contribution in [0.2, 0.25) is 0 Å². The molecule has 0 unspecified atom stereocenters. The van der Waals surface area contributed by atoms with E-state index in [9.17, 15) is 4.79 Å². The predicted octanol–water partition coefficient (Wildman–Crippen LogP) is 2.20. The number of thioether (sulfide) groups is 1. The van der Waals surface area contributed by atoms with Crippen LogP contribution in [0.1, 0.15) is 32.6 Å². The van der Waals surface area contributed by atoms with Gasteiger partial charge in [-0.3, -0.25) is 0 Å². The summed E-state index contributed by atoms with van der Waals surface area (Å²) in [6.07, 6.45) is 5.22. The average Bonchev–Trinajstić information content (AvgIpc) is 2.29. The molecule has 2 aliphatic rings. The van der Waals surface area contributed by atoms with Gasteiger partial charge in [-0.25, -0.2) is 4.79 Å². The topological polar surface area (TPSA) is 35.5 Å². The van der Waals surface area contributed by atoms with Gasteiger partial charge in [0.05, 0.1) is 12.7 Å². The van der Waals surface area contributed by atoms with E-state index in [0.717, 1.165) is 12.2 Å². The van der Waals surface area contributed by atoms with Crippen LogP contribution in [0.4, 0.5) is 0 Å². The first-order valence-electron chi connectivity index (χ1n) is 5.75. The second-order valence-corrected chi connectivity index (χ2v) is 5.23. The minimum absolute atomic E-state index is 0.202. The van der Waals surface area contributed by atoms with Gasteiger partial charge in [0.15, 0.2) is 0 Å². The monoisotopic (exact) mass is 230 g/mol.